The first-order chi connectivity index (χ1) is 17.4. The molecule has 1 aliphatic rings. The van der Waals surface area contributed by atoms with Gasteiger partial charge in [-0.05, 0) is 60.2 Å². The van der Waals surface area contributed by atoms with Crippen molar-refractivity contribution in [1.82, 2.24) is 4.31 Å². The molecule has 0 aromatic heterocycles. The van der Waals surface area contributed by atoms with Crippen LogP contribution in [0.1, 0.15) is 55.1 Å². The molecule has 1 amide bonds. The van der Waals surface area contributed by atoms with E-state index in [-0.39, 0.29) is 28.5 Å². The minimum atomic E-state index is -3.84. The van der Waals surface area contributed by atoms with Gasteiger partial charge >= 0.3 is 0 Å². The van der Waals surface area contributed by atoms with Crippen LogP contribution >= 0.6 is 0 Å². The van der Waals surface area contributed by atoms with Crippen molar-refractivity contribution in [2.45, 2.75) is 43.9 Å². The summed E-state index contributed by atoms with van der Waals surface area (Å²) in [5.74, 6) is -1.52. The van der Waals surface area contributed by atoms with Gasteiger partial charge in [0.1, 0.15) is 5.82 Å². The van der Waals surface area contributed by atoms with E-state index in [9.17, 15) is 22.4 Å². The Morgan fingerprint density at radius 3 is 2.27 bits per heavy atom. The lowest BCUT2D eigenvalue weighted by atomic mass is 9.86. The molecule has 6 nitrogen and oxygen atoms in total. The Morgan fingerprint density at radius 2 is 1.62 bits per heavy atom. The molecule has 4 rings (SSSR count). The second kappa shape index (κ2) is 10.6. The van der Waals surface area contributed by atoms with Gasteiger partial charge in [-0.1, -0.05) is 57.2 Å². The zero-order valence-corrected chi connectivity index (χ0v) is 22.0. The number of amides is 1. The number of benzene rings is 3. The molecule has 3 aromatic rings. The number of sulfonamides is 1. The van der Waals surface area contributed by atoms with E-state index in [4.69, 9.17) is 0 Å². The van der Waals surface area contributed by atoms with Crippen molar-refractivity contribution in [2.24, 2.45) is 5.92 Å². The molecular formula is C29H31FN2O4S. The van der Waals surface area contributed by atoms with Gasteiger partial charge in [-0.3, -0.25) is 9.59 Å². The molecule has 1 aliphatic heterocycles. The summed E-state index contributed by atoms with van der Waals surface area (Å²) < 4.78 is 40.5. The number of rotatable bonds is 6. The summed E-state index contributed by atoms with van der Waals surface area (Å²) in [5.41, 5.74) is 2.60. The first-order valence-corrected chi connectivity index (χ1v) is 13.7. The van der Waals surface area contributed by atoms with Crippen molar-refractivity contribution in [1.29, 1.82) is 0 Å². The minimum absolute atomic E-state index is 0.00305. The SMILES string of the molecule is CC(C)(C)c1ccc(C(=O)c2cccc(NC(=O)C3CCCN(S(=O)(=O)c4ccc(F)cc4)C3)c2)cc1. The van der Waals surface area contributed by atoms with E-state index in [2.05, 4.69) is 26.1 Å². The van der Waals surface area contributed by atoms with Crippen molar-refractivity contribution in [2.75, 3.05) is 18.4 Å². The first kappa shape index (κ1) is 26.7. The fourth-order valence-electron chi connectivity index (χ4n) is 4.40. The predicted molar refractivity (Wildman–Crippen MR) is 142 cm³/mol. The van der Waals surface area contributed by atoms with Crippen LogP contribution in [0, 0.1) is 11.7 Å². The predicted octanol–water partition coefficient (Wildman–Crippen LogP) is 5.39. The van der Waals surface area contributed by atoms with Crippen molar-refractivity contribution >= 4 is 27.4 Å². The van der Waals surface area contributed by atoms with E-state index in [1.54, 1.807) is 24.3 Å². The molecule has 0 radical (unpaired) electrons. The molecule has 1 heterocycles. The van der Waals surface area contributed by atoms with Gasteiger partial charge in [0.25, 0.3) is 0 Å². The van der Waals surface area contributed by atoms with Crippen LogP contribution in [0.4, 0.5) is 10.1 Å². The maximum Gasteiger partial charge on any atom is 0.243 e. The van der Waals surface area contributed by atoms with Gasteiger partial charge in [0.15, 0.2) is 5.78 Å². The van der Waals surface area contributed by atoms with Gasteiger partial charge in [0.2, 0.25) is 15.9 Å². The molecular weight excluding hydrogens is 491 g/mol. The molecule has 1 atom stereocenters. The monoisotopic (exact) mass is 522 g/mol. The Morgan fingerprint density at radius 1 is 0.946 bits per heavy atom. The number of halogens is 1. The van der Waals surface area contributed by atoms with E-state index in [0.717, 1.165) is 17.7 Å². The smallest absolute Gasteiger partial charge is 0.243 e. The summed E-state index contributed by atoms with van der Waals surface area (Å²) in [4.78, 5) is 26.1. The molecule has 1 saturated heterocycles. The van der Waals surface area contributed by atoms with Crippen molar-refractivity contribution < 1.29 is 22.4 Å². The molecule has 0 spiro atoms. The average molecular weight is 523 g/mol. The summed E-state index contributed by atoms with van der Waals surface area (Å²) in [7, 11) is -3.84. The van der Waals surface area contributed by atoms with Crippen LogP contribution in [0.3, 0.4) is 0 Å². The third-order valence-corrected chi connectivity index (χ3v) is 8.49. The molecule has 8 heteroatoms. The number of carbonyl (C=O) groups is 2. The molecule has 0 saturated carbocycles. The van der Waals surface area contributed by atoms with E-state index < -0.39 is 21.8 Å². The Labute approximate surface area is 217 Å². The maximum absolute atomic E-state index is 13.2. The number of hydrogen-bond donors (Lipinski definition) is 1. The molecule has 0 bridgehead atoms. The summed E-state index contributed by atoms with van der Waals surface area (Å²) in [6.07, 6.45) is 1.07. The molecule has 3 aromatic carbocycles. The zero-order chi connectivity index (χ0) is 26.8. The highest BCUT2D eigenvalue weighted by atomic mass is 32.2. The molecule has 1 N–H and O–H groups in total. The summed E-state index contributed by atoms with van der Waals surface area (Å²) in [6, 6.07) is 18.9. The van der Waals surface area contributed by atoms with E-state index in [1.165, 1.54) is 16.4 Å². The number of piperidine rings is 1. The molecule has 0 aliphatic carbocycles. The third kappa shape index (κ3) is 6.14. The van der Waals surface area contributed by atoms with Crippen molar-refractivity contribution in [3.8, 4) is 0 Å². The van der Waals surface area contributed by atoms with Gasteiger partial charge in [-0.2, -0.15) is 4.31 Å². The Bertz CT molecular complexity index is 1400. The van der Waals surface area contributed by atoms with E-state index in [0.29, 0.717) is 36.2 Å². The zero-order valence-electron chi connectivity index (χ0n) is 21.2. The quantitative estimate of drug-likeness (QED) is 0.440. The molecule has 1 fully saturated rings. The van der Waals surface area contributed by atoms with Crippen LogP contribution in [0.2, 0.25) is 0 Å². The van der Waals surface area contributed by atoms with Crippen LogP contribution < -0.4 is 5.32 Å². The highest BCUT2D eigenvalue weighted by molar-refractivity contribution is 7.89. The summed E-state index contributed by atoms with van der Waals surface area (Å²) >= 11 is 0. The van der Waals surface area contributed by atoms with E-state index >= 15 is 0 Å². The lowest BCUT2D eigenvalue weighted by molar-refractivity contribution is -0.120. The number of nitrogens with one attached hydrogen (secondary N) is 1. The normalized spacial score (nSPS) is 16.8. The number of anilines is 1. The van der Waals surface area contributed by atoms with Crippen LogP contribution in [0.15, 0.2) is 77.7 Å². The average Bonchev–Trinajstić information content (AvgIpc) is 2.88. The van der Waals surface area contributed by atoms with Crippen LogP contribution in [-0.4, -0.2) is 37.5 Å². The lowest BCUT2D eigenvalue weighted by Gasteiger charge is -2.31. The molecule has 194 valence electrons. The highest BCUT2D eigenvalue weighted by Crippen LogP contribution is 2.26. The summed E-state index contributed by atoms with van der Waals surface area (Å²) in [6.45, 7) is 6.66. The second-order valence-corrected chi connectivity index (χ2v) is 12.3. The largest absolute Gasteiger partial charge is 0.326 e. The van der Waals surface area contributed by atoms with Crippen molar-refractivity contribution in [3.63, 3.8) is 0 Å². The van der Waals surface area contributed by atoms with Gasteiger partial charge in [0, 0.05) is 29.9 Å². The van der Waals surface area contributed by atoms with Crippen LogP contribution in [0.5, 0.6) is 0 Å². The Balaban J connectivity index is 1.44. The fraction of sp³-hybridized carbons (Fsp3) is 0.310. The number of hydrogen-bond acceptors (Lipinski definition) is 4. The number of carbonyl (C=O) groups excluding carboxylic acids is 2. The lowest BCUT2D eigenvalue weighted by Crippen LogP contribution is -2.43. The minimum Gasteiger partial charge on any atom is -0.326 e. The Hall–Kier alpha value is -3.36. The third-order valence-electron chi connectivity index (χ3n) is 6.61. The van der Waals surface area contributed by atoms with Gasteiger partial charge in [-0.15, -0.1) is 0 Å². The van der Waals surface area contributed by atoms with Gasteiger partial charge < -0.3 is 5.32 Å². The Kier molecular flexibility index (Phi) is 7.62. The number of nitrogens with zero attached hydrogens (tertiary/aromatic N) is 1. The number of ketones is 1. The van der Waals surface area contributed by atoms with Gasteiger partial charge in [0.05, 0.1) is 10.8 Å². The van der Waals surface area contributed by atoms with Crippen molar-refractivity contribution in [3.05, 3.63) is 95.3 Å². The molecule has 1 unspecified atom stereocenters. The first-order valence-electron chi connectivity index (χ1n) is 12.3. The standard InChI is InChI=1S/C29H31FN2O4S/c1-29(2,3)23-11-9-20(10-12-23)27(33)21-6-4-8-25(18-21)31-28(34)22-7-5-17-32(19-22)37(35,36)26-15-13-24(30)14-16-26/h4,6,8-16,18,22H,5,7,17,19H2,1-3H3,(H,31,34). The fourth-order valence-corrected chi connectivity index (χ4v) is 5.92. The molecule has 37 heavy (non-hydrogen) atoms. The summed E-state index contributed by atoms with van der Waals surface area (Å²) in [5, 5.41) is 2.84. The van der Waals surface area contributed by atoms with E-state index in [1.807, 2.05) is 24.3 Å². The maximum atomic E-state index is 13.2. The van der Waals surface area contributed by atoms with Crippen LogP contribution in [0.25, 0.3) is 0 Å². The second-order valence-electron chi connectivity index (χ2n) is 10.4. The topological polar surface area (TPSA) is 83.6 Å². The van der Waals surface area contributed by atoms with Crippen LogP contribution in [-0.2, 0) is 20.2 Å². The van der Waals surface area contributed by atoms with Gasteiger partial charge in [-0.25, -0.2) is 12.8 Å². The highest BCUT2D eigenvalue weighted by Gasteiger charge is 2.33.